The Morgan fingerprint density at radius 2 is 2.06 bits per heavy atom. The van der Waals surface area contributed by atoms with Crippen molar-refractivity contribution in [3.05, 3.63) is 34.9 Å². The summed E-state index contributed by atoms with van der Waals surface area (Å²) in [7, 11) is 0. The molecule has 17 heavy (non-hydrogen) atoms. The Balaban J connectivity index is 2.03. The highest BCUT2D eigenvalue weighted by Gasteiger charge is 2.35. The first-order chi connectivity index (χ1) is 8.14. The van der Waals surface area contributed by atoms with Crippen molar-refractivity contribution in [2.75, 3.05) is 6.54 Å². The molecule has 0 saturated heterocycles. The number of nitrogens with one attached hydrogen (secondary N) is 1. The summed E-state index contributed by atoms with van der Waals surface area (Å²) in [6, 6.07) is 9.08. The molecule has 2 atom stereocenters. The molecule has 2 heteroatoms. The van der Waals surface area contributed by atoms with Gasteiger partial charge in [-0.2, -0.15) is 0 Å². The maximum atomic E-state index is 5.95. The van der Waals surface area contributed by atoms with Gasteiger partial charge in [0.2, 0.25) is 0 Å². The molecular formula is C15H22ClN. The molecule has 1 aromatic carbocycles. The van der Waals surface area contributed by atoms with Gasteiger partial charge >= 0.3 is 0 Å². The lowest BCUT2D eigenvalue weighted by Crippen LogP contribution is -2.29. The second kappa shape index (κ2) is 5.41. The summed E-state index contributed by atoms with van der Waals surface area (Å²) in [5.41, 5.74) is 1.76. The molecule has 0 heterocycles. The zero-order valence-electron chi connectivity index (χ0n) is 10.8. The monoisotopic (exact) mass is 251 g/mol. The maximum absolute atomic E-state index is 5.95. The summed E-state index contributed by atoms with van der Waals surface area (Å²) in [5, 5.41) is 4.47. The van der Waals surface area contributed by atoms with Crippen molar-refractivity contribution in [2.45, 2.75) is 51.0 Å². The summed E-state index contributed by atoms with van der Waals surface area (Å²) in [5.74, 6) is 0. The van der Waals surface area contributed by atoms with E-state index in [2.05, 4.69) is 31.3 Å². The highest BCUT2D eigenvalue weighted by atomic mass is 35.5. The van der Waals surface area contributed by atoms with Gasteiger partial charge in [-0.05, 0) is 55.3 Å². The first-order valence-electron chi connectivity index (χ1n) is 6.63. The molecule has 1 N–H and O–H groups in total. The highest BCUT2D eigenvalue weighted by molar-refractivity contribution is 6.30. The molecule has 2 rings (SSSR count). The third-order valence-corrected chi connectivity index (χ3v) is 4.22. The fraction of sp³-hybridized carbons (Fsp3) is 0.600. The Kier molecular flexibility index (Phi) is 4.11. The number of hydrogen-bond donors (Lipinski definition) is 1. The van der Waals surface area contributed by atoms with Crippen LogP contribution in [0.5, 0.6) is 0 Å². The van der Waals surface area contributed by atoms with Crippen LogP contribution in [-0.4, -0.2) is 12.6 Å². The van der Waals surface area contributed by atoms with Crippen LogP contribution in [0.4, 0.5) is 0 Å². The molecule has 0 bridgehead atoms. The summed E-state index contributed by atoms with van der Waals surface area (Å²) in [4.78, 5) is 0. The van der Waals surface area contributed by atoms with Gasteiger partial charge in [-0.15, -0.1) is 0 Å². The predicted molar refractivity (Wildman–Crippen MR) is 74.7 cm³/mol. The van der Waals surface area contributed by atoms with E-state index in [4.69, 9.17) is 11.6 Å². The van der Waals surface area contributed by atoms with E-state index in [0.717, 1.165) is 11.6 Å². The van der Waals surface area contributed by atoms with Gasteiger partial charge in [0.15, 0.2) is 0 Å². The van der Waals surface area contributed by atoms with Gasteiger partial charge in [0.1, 0.15) is 0 Å². The summed E-state index contributed by atoms with van der Waals surface area (Å²) in [6.45, 7) is 5.74. The molecule has 0 aromatic heterocycles. The van der Waals surface area contributed by atoms with Gasteiger partial charge in [0, 0.05) is 11.1 Å². The van der Waals surface area contributed by atoms with E-state index in [1.165, 1.54) is 31.2 Å². The first-order valence-corrected chi connectivity index (χ1v) is 7.01. The molecule has 1 aliphatic rings. The van der Waals surface area contributed by atoms with Crippen LogP contribution in [0.1, 0.15) is 45.1 Å². The van der Waals surface area contributed by atoms with Crippen LogP contribution in [0.3, 0.4) is 0 Å². The van der Waals surface area contributed by atoms with E-state index in [0.29, 0.717) is 11.5 Å². The van der Waals surface area contributed by atoms with Crippen molar-refractivity contribution in [2.24, 2.45) is 0 Å². The smallest absolute Gasteiger partial charge is 0.0406 e. The minimum absolute atomic E-state index is 0.329. The SMILES string of the molecule is CCCNC1CCC(C)(c2ccc(Cl)cc2)C1. The molecule has 1 aliphatic carbocycles. The third kappa shape index (κ3) is 3.02. The zero-order chi connectivity index (χ0) is 12.3. The van der Waals surface area contributed by atoms with Gasteiger partial charge < -0.3 is 5.32 Å². The maximum Gasteiger partial charge on any atom is 0.0406 e. The van der Waals surface area contributed by atoms with Crippen molar-refractivity contribution in [1.82, 2.24) is 5.32 Å². The molecular weight excluding hydrogens is 230 g/mol. The number of halogens is 1. The lowest BCUT2D eigenvalue weighted by molar-refractivity contribution is 0.453. The largest absolute Gasteiger partial charge is 0.314 e. The molecule has 2 unspecified atom stereocenters. The minimum atomic E-state index is 0.329. The molecule has 94 valence electrons. The van der Waals surface area contributed by atoms with Crippen molar-refractivity contribution >= 4 is 11.6 Å². The van der Waals surface area contributed by atoms with Crippen molar-refractivity contribution in [1.29, 1.82) is 0 Å². The predicted octanol–water partition coefficient (Wildman–Crippen LogP) is 4.15. The first kappa shape index (κ1) is 12.9. The Bertz CT molecular complexity index is 360. The lowest BCUT2D eigenvalue weighted by Gasteiger charge is -2.25. The molecule has 0 spiro atoms. The van der Waals surface area contributed by atoms with E-state index in [1.807, 2.05) is 12.1 Å². The van der Waals surface area contributed by atoms with Gasteiger partial charge in [-0.3, -0.25) is 0 Å². The average Bonchev–Trinajstić information content (AvgIpc) is 2.70. The molecule has 1 nitrogen and oxygen atoms in total. The molecule has 1 aromatic rings. The Morgan fingerprint density at radius 3 is 2.71 bits per heavy atom. The quantitative estimate of drug-likeness (QED) is 0.848. The lowest BCUT2D eigenvalue weighted by atomic mass is 9.81. The van der Waals surface area contributed by atoms with Gasteiger partial charge in [0.05, 0.1) is 0 Å². The molecule has 0 aliphatic heterocycles. The van der Waals surface area contributed by atoms with E-state index in [1.54, 1.807) is 0 Å². The van der Waals surface area contributed by atoms with Gasteiger partial charge in [-0.25, -0.2) is 0 Å². The van der Waals surface area contributed by atoms with E-state index >= 15 is 0 Å². The van der Waals surface area contributed by atoms with Crippen LogP contribution < -0.4 is 5.32 Å². The Hall–Kier alpha value is -0.530. The Morgan fingerprint density at radius 1 is 1.35 bits per heavy atom. The Labute approximate surface area is 110 Å². The van der Waals surface area contributed by atoms with Crippen LogP contribution >= 0.6 is 11.6 Å². The standard InChI is InChI=1S/C15H22ClN/c1-3-10-17-14-8-9-15(2,11-14)12-4-6-13(16)7-5-12/h4-7,14,17H,3,8-11H2,1-2H3. The molecule has 1 fully saturated rings. The van der Waals surface area contributed by atoms with E-state index in [9.17, 15) is 0 Å². The van der Waals surface area contributed by atoms with Crippen molar-refractivity contribution < 1.29 is 0 Å². The van der Waals surface area contributed by atoms with Crippen molar-refractivity contribution in [3.63, 3.8) is 0 Å². The second-order valence-electron chi connectivity index (χ2n) is 5.46. The number of rotatable bonds is 4. The third-order valence-electron chi connectivity index (χ3n) is 3.97. The zero-order valence-corrected chi connectivity index (χ0v) is 11.6. The van der Waals surface area contributed by atoms with E-state index < -0.39 is 0 Å². The van der Waals surface area contributed by atoms with Crippen LogP contribution in [0.25, 0.3) is 0 Å². The van der Waals surface area contributed by atoms with Crippen LogP contribution in [0.2, 0.25) is 5.02 Å². The highest BCUT2D eigenvalue weighted by Crippen LogP contribution is 2.40. The molecule has 0 radical (unpaired) electrons. The molecule has 1 saturated carbocycles. The topological polar surface area (TPSA) is 12.0 Å². The van der Waals surface area contributed by atoms with Gasteiger partial charge in [0.25, 0.3) is 0 Å². The van der Waals surface area contributed by atoms with Crippen LogP contribution in [0.15, 0.2) is 24.3 Å². The second-order valence-corrected chi connectivity index (χ2v) is 5.90. The summed E-state index contributed by atoms with van der Waals surface area (Å²) < 4.78 is 0. The summed E-state index contributed by atoms with van der Waals surface area (Å²) >= 11 is 5.95. The minimum Gasteiger partial charge on any atom is -0.314 e. The number of hydrogen-bond acceptors (Lipinski definition) is 1. The summed E-state index contributed by atoms with van der Waals surface area (Å²) in [6.07, 6.45) is 5.03. The van der Waals surface area contributed by atoms with Crippen LogP contribution in [0, 0.1) is 0 Å². The molecule has 0 amide bonds. The average molecular weight is 252 g/mol. The van der Waals surface area contributed by atoms with E-state index in [-0.39, 0.29) is 0 Å². The number of benzene rings is 1. The fourth-order valence-electron chi connectivity index (χ4n) is 2.88. The van der Waals surface area contributed by atoms with Crippen molar-refractivity contribution in [3.8, 4) is 0 Å². The fourth-order valence-corrected chi connectivity index (χ4v) is 3.00. The van der Waals surface area contributed by atoms with Crippen LogP contribution in [-0.2, 0) is 5.41 Å². The normalized spacial score (nSPS) is 28.5. The van der Waals surface area contributed by atoms with Gasteiger partial charge in [-0.1, -0.05) is 37.6 Å².